The molecule has 0 aromatic heterocycles. The highest BCUT2D eigenvalue weighted by Gasteiger charge is 2.63. The smallest absolute Gasteiger partial charge is 0.309 e. The zero-order chi connectivity index (χ0) is 20.1. The third kappa shape index (κ3) is 2.78. The van der Waals surface area contributed by atoms with Crippen molar-refractivity contribution < 1.29 is 9.59 Å². The molecule has 1 N–H and O–H groups in total. The summed E-state index contributed by atoms with van der Waals surface area (Å²) in [6.45, 7) is 9.22. The van der Waals surface area contributed by atoms with Crippen molar-refractivity contribution in [3.63, 3.8) is 0 Å². The second-order valence-electron chi connectivity index (χ2n) is 7.95. The van der Waals surface area contributed by atoms with E-state index in [0.717, 1.165) is 22.5 Å². The van der Waals surface area contributed by atoms with E-state index in [1.165, 1.54) is 0 Å². The fourth-order valence-corrected chi connectivity index (χ4v) is 5.83. The minimum absolute atomic E-state index is 0.0363. The second kappa shape index (κ2) is 6.55. The van der Waals surface area contributed by atoms with E-state index in [1.54, 1.807) is 21.6 Å². The molecule has 0 saturated carbocycles. The number of carbonyl (C=O) groups is 2. The Morgan fingerprint density at radius 1 is 1.14 bits per heavy atom. The first-order chi connectivity index (χ1) is 13.3. The van der Waals surface area contributed by atoms with E-state index in [2.05, 4.69) is 19.2 Å². The number of para-hydroxylation sites is 1. The highest BCUT2D eigenvalue weighted by atomic mass is 32.2. The molecule has 2 aliphatic heterocycles. The number of hydrogen-bond donors (Lipinski definition) is 1. The van der Waals surface area contributed by atoms with Crippen molar-refractivity contribution in [1.82, 2.24) is 4.90 Å². The second-order valence-corrected chi connectivity index (χ2v) is 9.85. The number of hydrogen-bond acceptors (Lipinski definition) is 3. The number of thioether (sulfide) groups is 1. The molecule has 1 atom stereocenters. The van der Waals surface area contributed by atoms with Crippen LogP contribution in [0.1, 0.15) is 31.9 Å². The van der Waals surface area contributed by atoms with E-state index in [9.17, 15) is 9.59 Å². The molecule has 1 saturated heterocycles. The summed E-state index contributed by atoms with van der Waals surface area (Å²) in [6.07, 6.45) is 0. The van der Waals surface area contributed by atoms with Crippen molar-refractivity contribution in [2.24, 2.45) is 0 Å². The molecule has 5 nitrogen and oxygen atoms in total. The Kier molecular flexibility index (Phi) is 4.42. The Morgan fingerprint density at radius 3 is 2.50 bits per heavy atom. The molecule has 2 aliphatic rings. The number of aryl methyl sites for hydroxylation is 1. The van der Waals surface area contributed by atoms with Crippen molar-refractivity contribution in [1.29, 1.82) is 0 Å². The van der Waals surface area contributed by atoms with Gasteiger partial charge < -0.3 is 10.2 Å². The van der Waals surface area contributed by atoms with Gasteiger partial charge in [0, 0.05) is 29.1 Å². The van der Waals surface area contributed by atoms with Crippen LogP contribution in [-0.2, 0) is 9.67 Å². The van der Waals surface area contributed by atoms with Crippen LogP contribution in [0, 0.1) is 6.92 Å². The Balaban J connectivity index is 1.77. The average molecular weight is 396 g/mol. The number of benzene rings is 2. The third-order valence-electron chi connectivity index (χ3n) is 5.30. The number of carbonyl (C=O) groups excluding carboxylic acids is 2. The molecule has 3 amide bonds. The highest BCUT2D eigenvalue weighted by molar-refractivity contribution is 8.02. The first-order valence-corrected chi connectivity index (χ1v) is 10.4. The van der Waals surface area contributed by atoms with Gasteiger partial charge in [-0.05, 0) is 45.9 Å². The predicted octanol–water partition coefficient (Wildman–Crippen LogP) is 4.57. The van der Waals surface area contributed by atoms with Crippen LogP contribution in [0.4, 0.5) is 16.2 Å². The topological polar surface area (TPSA) is 52.7 Å². The maximum atomic E-state index is 13.6. The standard InChI is InChI=1S/C22H25N3O2S/c1-5-24-18-9-7-6-8-17(18)22(19(24)26)25(14-21(3,4)28-22)20(27)23-16-12-10-15(2)11-13-16/h6-13H,5,14H2,1-4H3,(H,23,27)/t22-/m0/s1. The van der Waals surface area contributed by atoms with Crippen LogP contribution in [0.15, 0.2) is 48.5 Å². The van der Waals surface area contributed by atoms with Gasteiger partial charge in [0.05, 0.1) is 5.69 Å². The van der Waals surface area contributed by atoms with E-state index in [0.29, 0.717) is 13.1 Å². The Morgan fingerprint density at radius 2 is 1.82 bits per heavy atom. The first kappa shape index (κ1) is 18.9. The molecule has 0 aliphatic carbocycles. The predicted molar refractivity (Wildman–Crippen MR) is 115 cm³/mol. The van der Waals surface area contributed by atoms with Crippen LogP contribution in [0.5, 0.6) is 0 Å². The maximum absolute atomic E-state index is 13.6. The molecule has 1 fully saturated rings. The van der Waals surface area contributed by atoms with Gasteiger partial charge in [-0.3, -0.25) is 9.69 Å². The van der Waals surface area contributed by atoms with Crippen LogP contribution in [0.25, 0.3) is 0 Å². The van der Waals surface area contributed by atoms with Crippen molar-refractivity contribution in [3.8, 4) is 0 Å². The minimum atomic E-state index is -1.02. The molecule has 4 rings (SSSR count). The van der Waals surface area contributed by atoms with Gasteiger partial charge in [0.2, 0.25) is 0 Å². The van der Waals surface area contributed by atoms with Crippen LogP contribution >= 0.6 is 11.8 Å². The molecule has 1 spiro atoms. The van der Waals surface area contributed by atoms with E-state index in [-0.39, 0.29) is 16.7 Å². The van der Waals surface area contributed by atoms with E-state index in [1.807, 2.05) is 62.4 Å². The molecule has 2 heterocycles. The molecule has 2 aromatic carbocycles. The van der Waals surface area contributed by atoms with E-state index < -0.39 is 4.87 Å². The van der Waals surface area contributed by atoms with Gasteiger partial charge in [-0.25, -0.2) is 4.79 Å². The fourth-order valence-electron chi connectivity index (χ4n) is 4.10. The monoisotopic (exact) mass is 395 g/mol. The van der Waals surface area contributed by atoms with E-state index in [4.69, 9.17) is 0 Å². The fraction of sp³-hybridized carbons (Fsp3) is 0.364. The van der Waals surface area contributed by atoms with Gasteiger partial charge in [0.1, 0.15) is 0 Å². The van der Waals surface area contributed by atoms with Gasteiger partial charge in [0.15, 0.2) is 4.87 Å². The maximum Gasteiger partial charge on any atom is 0.323 e. The summed E-state index contributed by atoms with van der Waals surface area (Å²) in [5.41, 5.74) is 3.65. The third-order valence-corrected chi connectivity index (χ3v) is 6.89. The molecule has 2 aromatic rings. The van der Waals surface area contributed by atoms with Crippen molar-refractivity contribution >= 4 is 35.1 Å². The highest BCUT2D eigenvalue weighted by Crippen LogP contribution is 2.59. The van der Waals surface area contributed by atoms with Gasteiger partial charge >= 0.3 is 6.03 Å². The van der Waals surface area contributed by atoms with Crippen LogP contribution in [0.3, 0.4) is 0 Å². The first-order valence-electron chi connectivity index (χ1n) is 9.55. The molecular formula is C22H25N3O2S. The van der Waals surface area contributed by atoms with Gasteiger partial charge in [-0.1, -0.05) is 35.9 Å². The molecule has 28 heavy (non-hydrogen) atoms. The number of nitrogens with one attached hydrogen (secondary N) is 1. The molecular weight excluding hydrogens is 370 g/mol. The summed E-state index contributed by atoms with van der Waals surface area (Å²) >= 11 is 1.57. The summed E-state index contributed by atoms with van der Waals surface area (Å²) in [5.74, 6) is -0.0363. The number of urea groups is 1. The minimum Gasteiger partial charge on any atom is -0.309 e. The number of rotatable bonds is 2. The lowest BCUT2D eigenvalue weighted by Crippen LogP contribution is -2.51. The van der Waals surface area contributed by atoms with Gasteiger partial charge in [-0.15, -0.1) is 11.8 Å². The molecule has 0 radical (unpaired) electrons. The lowest BCUT2D eigenvalue weighted by molar-refractivity contribution is -0.123. The van der Waals surface area contributed by atoms with Crippen molar-refractivity contribution in [3.05, 3.63) is 59.7 Å². The number of nitrogens with zero attached hydrogens (tertiary/aromatic N) is 2. The van der Waals surface area contributed by atoms with Crippen LogP contribution < -0.4 is 10.2 Å². The van der Waals surface area contributed by atoms with Crippen LogP contribution in [0.2, 0.25) is 0 Å². The van der Waals surface area contributed by atoms with Crippen LogP contribution in [-0.4, -0.2) is 34.7 Å². The summed E-state index contributed by atoms with van der Waals surface area (Å²) < 4.78 is -0.239. The van der Waals surface area contributed by atoms with Crippen molar-refractivity contribution in [2.45, 2.75) is 37.3 Å². The molecule has 0 bridgehead atoms. The lowest BCUT2D eigenvalue weighted by Gasteiger charge is -2.33. The lowest BCUT2D eigenvalue weighted by atomic mass is 10.1. The zero-order valence-electron chi connectivity index (χ0n) is 16.7. The number of amides is 3. The quantitative estimate of drug-likeness (QED) is 0.810. The van der Waals surface area contributed by atoms with Crippen molar-refractivity contribution in [2.75, 3.05) is 23.3 Å². The molecule has 146 valence electrons. The number of anilines is 2. The SMILES string of the molecule is CCN1C(=O)[C@@]2(SC(C)(C)CN2C(=O)Nc2ccc(C)cc2)c2ccccc21. The number of fused-ring (bicyclic) bond motifs is 2. The van der Waals surface area contributed by atoms with E-state index >= 15 is 0 Å². The molecule has 6 heteroatoms. The largest absolute Gasteiger partial charge is 0.323 e. The molecule has 0 unspecified atom stereocenters. The Hall–Kier alpha value is -2.47. The normalized spacial score (nSPS) is 22.6. The summed E-state index contributed by atoms with van der Waals surface area (Å²) in [4.78, 5) is 29.4. The average Bonchev–Trinajstić information content (AvgIpc) is 3.09. The Labute approximate surface area is 170 Å². The van der Waals surface area contributed by atoms with Gasteiger partial charge in [0.25, 0.3) is 5.91 Å². The summed E-state index contributed by atoms with van der Waals surface area (Å²) in [5, 5.41) is 2.99. The van der Waals surface area contributed by atoms with Gasteiger partial charge in [-0.2, -0.15) is 0 Å². The summed E-state index contributed by atoms with van der Waals surface area (Å²) in [7, 11) is 0. The number of likely N-dealkylation sites (N-methyl/N-ethyl adjacent to an activating group) is 1. The summed E-state index contributed by atoms with van der Waals surface area (Å²) in [6, 6.07) is 15.3. The Bertz CT molecular complexity index is 941. The zero-order valence-corrected chi connectivity index (χ0v) is 17.5.